The van der Waals surface area contributed by atoms with Crippen molar-refractivity contribution in [1.29, 1.82) is 0 Å². The molecule has 0 aromatic heterocycles. The summed E-state index contributed by atoms with van der Waals surface area (Å²) in [5, 5.41) is 1.01. The van der Waals surface area contributed by atoms with Gasteiger partial charge < -0.3 is 28.4 Å². The molecule has 0 fully saturated rings. The Morgan fingerprint density at radius 2 is 0.667 bits per heavy atom. The Morgan fingerprint density at radius 1 is 0.389 bits per heavy atom. The number of hydrogen-bond donors (Lipinski definition) is 0. The average molecular weight is 792 g/mol. The van der Waals surface area contributed by atoms with Gasteiger partial charge in [-0.2, -0.15) is 0 Å². The molecular formula is C40H33Cl2O11P. The molecule has 14 heteroatoms. The summed E-state index contributed by atoms with van der Waals surface area (Å²) >= 11 is 12.1. The van der Waals surface area contributed by atoms with Crippen LogP contribution in [-0.4, -0.2) is 25.2 Å². The first-order chi connectivity index (χ1) is 26.4. The lowest BCUT2D eigenvalue weighted by atomic mass is 10.3. The number of benzene rings is 6. The van der Waals surface area contributed by atoms with Crippen LogP contribution in [0.2, 0.25) is 10.0 Å². The molecule has 0 atom stereocenters. The first-order valence-corrected chi connectivity index (χ1v) is 18.3. The van der Waals surface area contributed by atoms with Crippen LogP contribution >= 0.6 is 31.5 Å². The van der Waals surface area contributed by atoms with E-state index in [1.807, 2.05) is 0 Å². The summed E-state index contributed by atoms with van der Waals surface area (Å²) in [6.45, 7) is -0.886. The Bertz CT molecular complexity index is 1780. The predicted molar refractivity (Wildman–Crippen MR) is 201 cm³/mol. The van der Waals surface area contributed by atoms with Gasteiger partial charge in [0.05, 0.1) is 0 Å². The van der Waals surface area contributed by atoms with Gasteiger partial charge >= 0.3 is 20.2 Å². The van der Waals surface area contributed by atoms with Crippen LogP contribution in [-0.2, 0) is 23.7 Å². The van der Waals surface area contributed by atoms with Crippen LogP contribution in [0.25, 0.3) is 0 Å². The fourth-order valence-corrected chi connectivity index (χ4v) is 5.23. The minimum atomic E-state index is -3.76. The Hall–Kier alpha value is -5.23. The van der Waals surface area contributed by atoms with Crippen molar-refractivity contribution in [3.63, 3.8) is 0 Å². The summed E-state index contributed by atoms with van der Waals surface area (Å²) in [5.74, 6) is -2.40. The van der Waals surface area contributed by atoms with Crippen LogP contribution in [0.4, 0.5) is 0 Å². The molecule has 0 radical (unpaired) electrons. The molecule has 0 spiro atoms. The van der Waals surface area contributed by atoms with Crippen LogP contribution in [0.1, 0.15) is 0 Å². The number of rotatable bonds is 20. The van der Waals surface area contributed by atoms with Crippen molar-refractivity contribution >= 4 is 31.5 Å². The predicted octanol–water partition coefficient (Wildman–Crippen LogP) is 10.4. The maximum Gasteiger partial charge on any atom is 0.435 e. The molecule has 0 amide bonds. The first-order valence-electron chi connectivity index (χ1n) is 16.3. The van der Waals surface area contributed by atoms with Crippen molar-refractivity contribution in [2.75, 3.05) is 13.2 Å². The van der Waals surface area contributed by atoms with E-state index in [9.17, 15) is 4.57 Å². The molecule has 0 saturated carbocycles. The molecule has 6 aromatic rings. The second-order valence-electron chi connectivity index (χ2n) is 11.1. The molecule has 0 bridgehead atoms. The van der Waals surface area contributed by atoms with Gasteiger partial charge in [0.1, 0.15) is 34.5 Å². The molecule has 278 valence electrons. The van der Waals surface area contributed by atoms with Crippen molar-refractivity contribution in [3.8, 4) is 34.5 Å². The quantitative estimate of drug-likeness (QED) is 0.0319. The normalized spacial score (nSPS) is 11.5. The maximum absolute atomic E-state index is 13.5. The minimum absolute atomic E-state index is 0.305. The third kappa shape index (κ3) is 11.9. The van der Waals surface area contributed by atoms with Gasteiger partial charge in [0.2, 0.25) is 0 Å². The highest BCUT2D eigenvalue weighted by molar-refractivity contribution is 7.33. The monoisotopic (exact) mass is 790 g/mol. The van der Waals surface area contributed by atoms with Crippen LogP contribution < -0.4 is 28.4 Å². The Morgan fingerprint density at radius 3 is 0.944 bits per heavy atom. The van der Waals surface area contributed by atoms with Crippen molar-refractivity contribution in [2.45, 2.75) is 11.9 Å². The molecule has 11 nitrogen and oxygen atoms in total. The van der Waals surface area contributed by atoms with Gasteiger partial charge in [-0.3, -0.25) is 4.57 Å². The lowest BCUT2D eigenvalue weighted by Crippen LogP contribution is -2.51. The summed E-state index contributed by atoms with van der Waals surface area (Å²) in [6, 6.07) is 47.6. The maximum atomic E-state index is 13.5. The summed E-state index contributed by atoms with van der Waals surface area (Å²) in [6.07, 6.45) is 0. The van der Waals surface area contributed by atoms with E-state index in [4.69, 9.17) is 70.7 Å². The zero-order valence-electron chi connectivity index (χ0n) is 28.3. The fraction of sp³-hybridized carbons (Fsp3) is 0.100. The van der Waals surface area contributed by atoms with Gasteiger partial charge in [-0.1, -0.05) is 96.0 Å². The molecular weight excluding hydrogens is 758 g/mol. The molecule has 0 saturated heterocycles. The third-order valence-corrected chi connectivity index (χ3v) is 7.94. The highest BCUT2D eigenvalue weighted by atomic mass is 35.5. The van der Waals surface area contributed by atoms with Crippen LogP contribution in [0.5, 0.6) is 34.5 Å². The first kappa shape index (κ1) is 38.5. The van der Waals surface area contributed by atoms with Gasteiger partial charge in [-0.15, -0.1) is 19.1 Å². The number of para-hydroxylation sites is 4. The van der Waals surface area contributed by atoms with Gasteiger partial charge in [0.25, 0.3) is 0 Å². The standard InChI is InChI=1S/C40H33Cl2O11P/c41-31-21-25-33(26-22-31)44-29-39(46-35-13-5-1-6-14-35,47-36-15-7-2-8-16-36)50-52-54(43)53-51-40(48-37-17-9-3-10-18-37,49-38-19-11-4-12-20-38)30-45-34-27-23-32(42)24-28-34/h1-28,54H,29-30H2. The summed E-state index contributed by atoms with van der Waals surface area (Å²) in [7, 11) is -3.76. The summed E-state index contributed by atoms with van der Waals surface area (Å²) < 4.78 is 60.9. The van der Waals surface area contributed by atoms with Crippen molar-refractivity contribution in [2.24, 2.45) is 0 Å². The van der Waals surface area contributed by atoms with Gasteiger partial charge in [0.15, 0.2) is 13.2 Å². The highest BCUT2D eigenvalue weighted by Gasteiger charge is 2.44. The molecule has 0 aliphatic heterocycles. The third-order valence-electron chi connectivity index (χ3n) is 7.00. The molecule has 0 aliphatic rings. The van der Waals surface area contributed by atoms with E-state index in [2.05, 4.69) is 0 Å². The van der Waals surface area contributed by atoms with Crippen LogP contribution in [0.3, 0.4) is 0 Å². The average Bonchev–Trinajstić information content (AvgIpc) is 3.20. The van der Waals surface area contributed by atoms with Crippen LogP contribution in [0, 0.1) is 0 Å². The van der Waals surface area contributed by atoms with E-state index < -0.39 is 33.4 Å². The number of hydrogen-bond acceptors (Lipinski definition) is 11. The Labute approximate surface area is 322 Å². The SMILES string of the molecule is O=[PH](OOC(COc1ccc(Cl)cc1)(Oc1ccccc1)Oc1ccccc1)OOC(COc1ccc(Cl)cc1)(Oc1ccccc1)Oc1ccccc1. The van der Waals surface area contributed by atoms with Crippen molar-refractivity contribution < 1.29 is 52.1 Å². The molecule has 0 aliphatic carbocycles. The van der Waals surface area contributed by atoms with E-state index in [0.29, 0.717) is 44.5 Å². The molecule has 54 heavy (non-hydrogen) atoms. The second kappa shape index (κ2) is 19.2. The van der Waals surface area contributed by atoms with E-state index in [-0.39, 0.29) is 0 Å². The topological polar surface area (TPSA) is 109 Å². The lowest BCUT2D eigenvalue weighted by Gasteiger charge is -2.33. The lowest BCUT2D eigenvalue weighted by molar-refractivity contribution is -0.456. The van der Waals surface area contributed by atoms with E-state index in [1.54, 1.807) is 170 Å². The van der Waals surface area contributed by atoms with Crippen molar-refractivity contribution in [3.05, 3.63) is 180 Å². The molecule has 6 rings (SSSR count). The summed E-state index contributed by atoms with van der Waals surface area (Å²) in [4.78, 5) is 11.4. The van der Waals surface area contributed by atoms with E-state index in [1.165, 1.54) is 0 Å². The smallest absolute Gasteiger partial charge is 0.435 e. The highest BCUT2D eigenvalue weighted by Crippen LogP contribution is 2.35. The van der Waals surface area contributed by atoms with E-state index >= 15 is 0 Å². The summed E-state index contributed by atoms with van der Waals surface area (Å²) in [5.41, 5.74) is 0. The van der Waals surface area contributed by atoms with Gasteiger partial charge in [-0.05, 0) is 97.1 Å². The molecule has 0 heterocycles. The van der Waals surface area contributed by atoms with Gasteiger partial charge in [-0.25, -0.2) is 0 Å². The molecule has 0 N–H and O–H groups in total. The van der Waals surface area contributed by atoms with Crippen molar-refractivity contribution in [1.82, 2.24) is 0 Å². The minimum Gasteiger partial charge on any atom is -0.482 e. The zero-order chi connectivity index (χ0) is 37.5. The van der Waals surface area contributed by atoms with Gasteiger partial charge in [0, 0.05) is 10.0 Å². The van der Waals surface area contributed by atoms with Crippen LogP contribution in [0.15, 0.2) is 170 Å². The largest absolute Gasteiger partial charge is 0.482 e. The Kier molecular flexibility index (Phi) is 13.7. The Balaban J connectivity index is 1.25. The fourth-order valence-electron chi connectivity index (χ4n) is 4.56. The number of ether oxygens (including phenoxy) is 6. The molecule has 0 unspecified atom stereocenters. The molecule has 6 aromatic carbocycles. The zero-order valence-corrected chi connectivity index (χ0v) is 30.8. The second-order valence-corrected chi connectivity index (χ2v) is 12.8. The number of halogens is 2. The van der Waals surface area contributed by atoms with E-state index in [0.717, 1.165) is 0 Å².